The van der Waals surface area contributed by atoms with Crippen molar-refractivity contribution in [2.24, 2.45) is 0 Å². The summed E-state index contributed by atoms with van der Waals surface area (Å²) in [4.78, 5) is 32.4. The van der Waals surface area contributed by atoms with E-state index in [0.29, 0.717) is 38.3 Å². The zero-order valence-electron chi connectivity index (χ0n) is 16.6. The van der Waals surface area contributed by atoms with Gasteiger partial charge in [-0.25, -0.2) is 9.67 Å². The molecule has 0 spiro atoms. The van der Waals surface area contributed by atoms with Crippen LogP contribution in [0.25, 0.3) is 16.7 Å². The molecular weight excluding hydrogens is 438 g/mol. The van der Waals surface area contributed by atoms with E-state index in [0.717, 1.165) is 11.8 Å². The van der Waals surface area contributed by atoms with Crippen molar-refractivity contribution in [2.75, 3.05) is 12.4 Å². The van der Waals surface area contributed by atoms with Gasteiger partial charge in [0, 0.05) is 5.02 Å². The molecule has 2 aromatic carbocycles. The Labute approximate surface area is 186 Å². The summed E-state index contributed by atoms with van der Waals surface area (Å²) < 4.78 is 6.80. The molecule has 0 aliphatic carbocycles. The van der Waals surface area contributed by atoms with E-state index in [1.54, 1.807) is 48.0 Å². The van der Waals surface area contributed by atoms with E-state index in [-0.39, 0.29) is 11.5 Å². The van der Waals surface area contributed by atoms with E-state index in [1.165, 1.54) is 13.3 Å². The Morgan fingerprint density at radius 2 is 2.06 bits per heavy atom. The highest BCUT2D eigenvalue weighted by Crippen LogP contribution is 2.26. The van der Waals surface area contributed by atoms with Crippen molar-refractivity contribution in [1.29, 1.82) is 0 Å². The Morgan fingerprint density at radius 1 is 1.26 bits per heavy atom. The number of aromatic nitrogens is 4. The van der Waals surface area contributed by atoms with Crippen molar-refractivity contribution in [3.05, 3.63) is 70.1 Å². The molecule has 4 aromatic rings. The average Bonchev–Trinajstić information content (AvgIpc) is 3.18. The smallest absolute Gasteiger partial charge is 0.262 e. The average molecular weight is 456 g/mol. The second-order valence-electron chi connectivity index (χ2n) is 6.59. The van der Waals surface area contributed by atoms with Gasteiger partial charge < -0.3 is 15.0 Å². The summed E-state index contributed by atoms with van der Waals surface area (Å²) in [5.74, 6) is 0.312. The number of para-hydroxylation sites is 2. The number of hydrogen-bond acceptors (Lipinski definition) is 6. The van der Waals surface area contributed by atoms with E-state index in [9.17, 15) is 9.59 Å². The van der Waals surface area contributed by atoms with Crippen LogP contribution in [0.5, 0.6) is 5.75 Å². The van der Waals surface area contributed by atoms with Crippen molar-refractivity contribution in [3.63, 3.8) is 0 Å². The summed E-state index contributed by atoms with van der Waals surface area (Å²) in [6, 6.07) is 14.2. The standard InChI is InChI=1S/C21H18ClN5O3S/c1-12(19(28)24-16-8-3-4-9-17(16)30-2)31-21-25-18-15(20(29)26-21)11-23-27(18)14-7-5-6-13(22)10-14/h3-12H,1-2H3,(H,24,28)(H,25,26,29). The number of halogens is 1. The topological polar surface area (TPSA) is 102 Å². The minimum atomic E-state index is -0.534. The molecule has 31 heavy (non-hydrogen) atoms. The molecule has 0 saturated heterocycles. The van der Waals surface area contributed by atoms with Crippen molar-refractivity contribution >= 4 is 46.0 Å². The summed E-state index contributed by atoms with van der Waals surface area (Å²) in [6.07, 6.45) is 1.45. The van der Waals surface area contributed by atoms with Crippen molar-refractivity contribution in [2.45, 2.75) is 17.3 Å². The minimum Gasteiger partial charge on any atom is -0.495 e. The van der Waals surface area contributed by atoms with Gasteiger partial charge in [0.25, 0.3) is 5.56 Å². The zero-order chi connectivity index (χ0) is 22.0. The third-order valence-corrected chi connectivity index (χ3v) is 5.71. The Kier molecular flexibility index (Phi) is 5.97. The number of methoxy groups -OCH3 is 1. The number of nitrogens with one attached hydrogen (secondary N) is 2. The lowest BCUT2D eigenvalue weighted by molar-refractivity contribution is -0.115. The SMILES string of the molecule is COc1ccccc1NC(=O)C(C)Sc1nc2c(cnn2-c2cccc(Cl)c2)c(=O)[nH]1. The van der Waals surface area contributed by atoms with Crippen LogP contribution < -0.4 is 15.6 Å². The second-order valence-corrected chi connectivity index (χ2v) is 8.36. The first-order valence-electron chi connectivity index (χ1n) is 9.31. The Morgan fingerprint density at radius 3 is 2.84 bits per heavy atom. The quantitative estimate of drug-likeness (QED) is 0.338. The predicted molar refractivity (Wildman–Crippen MR) is 121 cm³/mol. The highest BCUT2D eigenvalue weighted by molar-refractivity contribution is 8.00. The first-order valence-corrected chi connectivity index (χ1v) is 10.6. The van der Waals surface area contributed by atoms with Gasteiger partial charge in [0.15, 0.2) is 10.8 Å². The largest absolute Gasteiger partial charge is 0.495 e. The van der Waals surface area contributed by atoms with E-state index >= 15 is 0 Å². The predicted octanol–water partition coefficient (Wildman–Crippen LogP) is 3.89. The van der Waals surface area contributed by atoms with E-state index in [1.807, 2.05) is 12.1 Å². The van der Waals surface area contributed by atoms with Crippen LogP contribution >= 0.6 is 23.4 Å². The third kappa shape index (κ3) is 4.42. The number of amides is 1. The molecule has 2 heterocycles. The Balaban J connectivity index is 1.60. The highest BCUT2D eigenvalue weighted by atomic mass is 35.5. The molecule has 1 atom stereocenters. The summed E-state index contributed by atoms with van der Waals surface area (Å²) in [5.41, 5.74) is 1.29. The van der Waals surface area contributed by atoms with Gasteiger partial charge >= 0.3 is 0 Å². The molecule has 0 saturated carbocycles. The number of fused-ring (bicyclic) bond motifs is 1. The molecule has 2 aromatic heterocycles. The molecule has 1 unspecified atom stereocenters. The molecule has 0 radical (unpaired) electrons. The van der Waals surface area contributed by atoms with E-state index < -0.39 is 5.25 Å². The second kappa shape index (κ2) is 8.83. The molecule has 2 N–H and O–H groups in total. The molecule has 1 amide bonds. The number of H-pyrrole nitrogens is 1. The zero-order valence-corrected chi connectivity index (χ0v) is 18.2. The fraction of sp³-hybridized carbons (Fsp3) is 0.143. The maximum Gasteiger partial charge on any atom is 0.262 e. The van der Waals surface area contributed by atoms with Gasteiger partial charge in [0.2, 0.25) is 5.91 Å². The van der Waals surface area contributed by atoms with Crippen LogP contribution in [0.1, 0.15) is 6.92 Å². The number of ether oxygens (including phenoxy) is 1. The monoisotopic (exact) mass is 455 g/mol. The first-order chi connectivity index (χ1) is 15.0. The van der Waals surface area contributed by atoms with Gasteiger partial charge in [-0.2, -0.15) is 5.10 Å². The fourth-order valence-electron chi connectivity index (χ4n) is 2.95. The summed E-state index contributed by atoms with van der Waals surface area (Å²) in [7, 11) is 1.54. The lowest BCUT2D eigenvalue weighted by atomic mass is 10.3. The minimum absolute atomic E-state index is 0.249. The molecule has 0 fully saturated rings. The van der Waals surface area contributed by atoms with Crippen LogP contribution in [0.4, 0.5) is 5.69 Å². The van der Waals surface area contributed by atoms with Crippen LogP contribution in [-0.4, -0.2) is 38.0 Å². The number of benzene rings is 2. The molecule has 0 aliphatic rings. The Bertz CT molecular complexity index is 1320. The number of carbonyl (C=O) groups is 1. The van der Waals surface area contributed by atoms with Gasteiger partial charge in [0.1, 0.15) is 11.1 Å². The fourth-order valence-corrected chi connectivity index (χ4v) is 3.93. The van der Waals surface area contributed by atoms with E-state index in [4.69, 9.17) is 16.3 Å². The van der Waals surface area contributed by atoms with E-state index in [2.05, 4.69) is 20.4 Å². The van der Waals surface area contributed by atoms with Gasteiger partial charge in [-0.3, -0.25) is 9.59 Å². The number of anilines is 1. The van der Waals surface area contributed by atoms with Crippen molar-refractivity contribution < 1.29 is 9.53 Å². The van der Waals surface area contributed by atoms with Crippen LogP contribution in [0.15, 0.2) is 64.7 Å². The molecule has 0 aliphatic heterocycles. The molecule has 0 bridgehead atoms. The number of rotatable bonds is 6. The molecule has 10 heteroatoms. The number of nitrogens with zero attached hydrogens (tertiary/aromatic N) is 3. The van der Waals surface area contributed by atoms with Gasteiger partial charge in [-0.05, 0) is 37.3 Å². The third-order valence-electron chi connectivity index (χ3n) is 4.49. The highest BCUT2D eigenvalue weighted by Gasteiger charge is 2.19. The van der Waals surface area contributed by atoms with Crippen LogP contribution in [-0.2, 0) is 4.79 Å². The van der Waals surface area contributed by atoms with Crippen LogP contribution in [0.2, 0.25) is 5.02 Å². The number of hydrogen-bond donors (Lipinski definition) is 2. The maximum absolute atomic E-state index is 12.7. The van der Waals surface area contributed by atoms with Crippen LogP contribution in [0.3, 0.4) is 0 Å². The maximum atomic E-state index is 12.7. The number of aromatic amines is 1. The lowest BCUT2D eigenvalue weighted by Crippen LogP contribution is -2.23. The number of thioether (sulfide) groups is 1. The lowest BCUT2D eigenvalue weighted by Gasteiger charge is -2.13. The van der Waals surface area contributed by atoms with Gasteiger partial charge in [-0.15, -0.1) is 0 Å². The van der Waals surface area contributed by atoms with Crippen LogP contribution in [0, 0.1) is 0 Å². The van der Waals surface area contributed by atoms with Crippen molar-refractivity contribution in [3.8, 4) is 11.4 Å². The molecular formula is C21H18ClN5O3S. The Hall–Kier alpha value is -3.30. The number of carbonyl (C=O) groups excluding carboxylic acids is 1. The summed E-state index contributed by atoms with van der Waals surface area (Å²) >= 11 is 7.22. The molecule has 158 valence electrons. The van der Waals surface area contributed by atoms with Gasteiger partial charge in [-0.1, -0.05) is 41.6 Å². The molecule has 4 rings (SSSR count). The van der Waals surface area contributed by atoms with Crippen molar-refractivity contribution in [1.82, 2.24) is 19.7 Å². The summed E-state index contributed by atoms with van der Waals surface area (Å²) in [5, 5.41) is 7.77. The normalized spacial score (nSPS) is 12.0. The molecule has 8 nitrogen and oxygen atoms in total. The first kappa shape index (κ1) is 21.0. The summed E-state index contributed by atoms with van der Waals surface area (Å²) in [6.45, 7) is 1.73. The van der Waals surface area contributed by atoms with Gasteiger partial charge in [0.05, 0.1) is 29.9 Å².